The van der Waals surface area contributed by atoms with E-state index in [9.17, 15) is 25.0 Å². The molecule has 2 aromatic heterocycles. The number of benzene rings is 2. The molecule has 40 heavy (non-hydrogen) atoms. The third-order valence-corrected chi connectivity index (χ3v) is 6.55. The van der Waals surface area contributed by atoms with Crippen molar-refractivity contribution in [1.82, 2.24) is 15.3 Å². The van der Waals surface area contributed by atoms with E-state index in [1.54, 1.807) is 43.3 Å². The van der Waals surface area contributed by atoms with Crippen LogP contribution in [0.2, 0.25) is 0 Å². The number of pyridine rings is 1. The Hall–Kier alpha value is -5.31. The molecule has 1 fully saturated rings. The fraction of sp³-hybridized carbons (Fsp3) is 0.250. The van der Waals surface area contributed by atoms with Crippen LogP contribution in [0.25, 0.3) is 22.6 Å². The van der Waals surface area contributed by atoms with E-state index >= 15 is 0 Å². The number of aromatic nitrogens is 2. The van der Waals surface area contributed by atoms with E-state index in [0.717, 1.165) is 11.8 Å². The van der Waals surface area contributed by atoms with E-state index in [4.69, 9.17) is 9.15 Å². The highest BCUT2D eigenvalue weighted by molar-refractivity contribution is 5.95. The first kappa shape index (κ1) is 26.3. The second kappa shape index (κ2) is 10.1. The zero-order chi connectivity index (χ0) is 28.6. The molecule has 0 aliphatic carbocycles. The topological polar surface area (TPSA) is 164 Å². The third-order valence-electron chi connectivity index (χ3n) is 6.55. The van der Waals surface area contributed by atoms with Crippen molar-refractivity contribution in [3.8, 4) is 17.5 Å². The number of rotatable bonds is 7. The molecule has 1 aliphatic heterocycles. The van der Waals surface area contributed by atoms with Crippen molar-refractivity contribution in [3.05, 3.63) is 81.5 Å². The normalized spacial score (nSPS) is 16.7. The standard InChI is InChI=1S/C28H24N6O6/c1-16(2)21-10-17(12-29)11-22-24(21)39-26(32-22)19-6-4-18(5-7-19)25(35)31-14-28(3)15-33(27(36)40-28)23-9-8-20(13-30-23)34(37)38/h4-11,13,16H,14-15H2,1-3H3,(H,31,35). The van der Waals surface area contributed by atoms with Gasteiger partial charge in [0.1, 0.15) is 23.1 Å². The first-order valence-corrected chi connectivity index (χ1v) is 12.4. The fourth-order valence-electron chi connectivity index (χ4n) is 4.42. The Bertz CT molecular complexity index is 1670. The smallest absolute Gasteiger partial charge is 0.416 e. The molecule has 202 valence electrons. The molecular formula is C28H24N6O6. The summed E-state index contributed by atoms with van der Waals surface area (Å²) >= 11 is 0. The lowest BCUT2D eigenvalue weighted by molar-refractivity contribution is -0.385. The highest BCUT2D eigenvalue weighted by Crippen LogP contribution is 2.32. The summed E-state index contributed by atoms with van der Waals surface area (Å²) in [6, 6.07) is 15.0. The van der Waals surface area contributed by atoms with Crippen LogP contribution in [0.5, 0.6) is 0 Å². The van der Waals surface area contributed by atoms with Gasteiger partial charge in [-0.2, -0.15) is 5.26 Å². The number of hydrogen-bond acceptors (Lipinski definition) is 9. The molecule has 0 spiro atoms. The van der Waals surface area contributed by atoms with Gasteiger partial charge in [-0.25, -0.2) is 14.8 Å². The summed E-state index contributed by atoms with van der Waals surface area (Å²) in [6.45, 7) is 5.84. The maximum absolute atomic E-state index is 12.8. The number of cyclic esters (lactones) is 1. The van der Waals surface area contributed by atoms with Crippen molar-refractivity contribution < 1.29 is 23.7 Å². The Kier molecular flexibility index (Phi) is 6.64. The second-order valence-electron chi connectivity index (χ2n) is 10.00. The third kappa shape index (κ3) is 5.04. The number of nitriles is 1. The summed E-state index contributed by atoms with van der Waals surface area (Å²) < 4.78 is 11.5. The molecule has 1 N–H and O–H groups in total. The average Bonchev–Trinajstić information content (AvgIpc) is 3.51. The van der Waals surface area contributed by atoms with Gasteiger partial charge in [-0.3, -0.25) is 19.8 Å². The van der Waals surface area contributed by atoms with E-state index in [-0.39, 0.29) is 36.4 Å². The number of anilines is 1. The number of oxazole rings is 1. The highest BCUT2D eigenvalue weighted by Gasteiger charge is 2.43. The summed E-state index contributed by atoms with van der Waals surface area (Å²) in [5, 5.41) is 23.0. The summed E-state index contributed by atoms with van der Waals surface area (Å²) in [7, 11) is 0. The number of hydrogen-bond donors (Lipinski definition) is 1. The molecule has 2 amide bonds. The Balaban J connectivity index is 1.26. The number of fused-ring (bicyclic) bond motifs is 1. The second-order valence-corrected chi connectivity index (χ2v) is 10.00. The number of nitrogens with one attached hydrogen (secondary N) is 1. The maximum atomic E-state index is 12.8. The fourth-order valence-corrected chi connectivity index (χ4v) is 4.42. The number of carbonyl (C=O) groups is 2. The largest absolute Gasteiger partial charge is 0.439 e. The zero-order valence-corrected chi connectivity index (χ0v) is 21.9. The van der Waals surface area contributed by atoms with Crippen molar-refractivity contribution >= 4 is 34.6 Å². The highest BCUT2D eigenvalue weighted by atomic mass is 16.6. The van der Waals surface area contributed by atoms with Gasteiger partial charge in [0.15, 0.2) is 5.58 Å². The molecule has 0 radical (unpaired) electrons. The minimum Gasteiger partial charge on any atom is -0.439 e. The van der Waals surface area contributed by atoms with Gasteiger partial charge in [-0.15, -0.1) is 0 Å². The van der Waals surface area contributed by atoms with Gasteiger partial charge < -0.3 is 14.5 Å². The molecule has 4 aromatic rings. The summed E-state index contributed by atoms with van der Waals surface area (Å²) in [4.78, 5) is 45.4. The lowest BCUT2D eigenvalue weighted by Gasteiger charge is -2.22. The maximum Gasteiger partial charge on any atom is 0.416 e. The van der Waals surface area contributed by atoms with Gasteiger partial charge in [-0.1, -0.05) is 13.8 Å². The minimum atomic E-state index is -1.04. The molecule has 12 heteroatoms. The summed E-state index contributed by atoms with van der Waals surface area (Å²) in [6.07, 6.45) is 0.403. The van der Waals surface area contributed by atoms with Crippen molar-refractivity contribution in [1.29, 1.82) is 5.26 Å². The van der Waals surface area contributed by atoms with E-state index < -0.39 is 16.6 Å². The monoisotopic (exact) mass is 540 g/mol. The SMILES string of the molecule is CC(C)c1cc(C#N)cc2nc(-c3ccc(C(=O)NCC4(C)CN(c5ccc([N+](=O)[O-])cn5)C(=O)O4)cc3)oc12. The van der Waals surface area contributed by atoms with Crippen LogP contribution < -0.4 is 10.2 Å². The Morgan fingerprint density at radius 3 is 2.62 bits per heavy atom. The van der Waals surface area contributed by atoms with Crippen molar-refractivity contribution in [2.24, 2.45) is 0 Å². The molecule has 3 heterocycles. The van der Waals surface area contributed by atoms with E-state index in [1.807, 2.05) is 13.8 Å². The number of amides is 2. The first-order chi connectivity index (χ1) is 19.1. The van der Waals surface area contributed by atoms with Gasteiger partial charge in [0.25, 0.3) is 11.6 Å². The Morgan fingerprint density at radius 2 is 2.00 bits per heavy atom. The number of ether oxygens (including phenoxy) is 1. The van der Waals surface area contributed by atoms with Gasteiger partial charge in [-0.05, 0) is 55.3 Å². The summed E-state index contributed by atoms with van der Waals surface area (Å²) in [5.74, 6) is 0.365. The predicted molar refractivity (Wildman–Crippen MR) is 144 cm³/mol. The van der Waals surface area contributed by atoms with Crippen LogP contribution in [0.15, 0.2) is 59.1 Å². The predicted octanol–water partition coefficient (Wildman–Crippen LogP) is 4.94. The molecule has 12 nitrogen and oxygen atoms in total. The van der Waals surface area contributed by atoms with Crippen molar-refractivity contribution in [3.63, 3.8) is 0 Å². The van der Waals surface area contributed by atoms with Crippen LogP contribution in [0.1, 0.15) is 48.2 Å². The van der Waals surface area contributed by atoms with Crippen LogP contribution in [0.4, 0.5) is 16.3 Å². The van der Waals surface area contributed by atoms with Gasteiger partial charge >= 0.3 is 6.09 Å². The lowest BCUT2D eigenvalue weighted by atomic mass is 10.00. The van der Waals surface area contributed by atoms with Crippen LogP contribution in [0, 0.1) is 21.4 Å². The van der Waals surface area contributed by atoms with Crippen LogP contribution in [0.3, 0.4) is 0 Å². The molecule has 2 aromatic carbocycles. The first-order valence-electron chi connectivity index (χ1n) is 12.4. The molecule has 1 saturated heterocycles. The van der Waals surface area contributed by atoms with Crippen molar-refractivity contribution in [2.75, 3.05) is 18.0 Å². The Morgan fingerprint density at radius 1 is 1.25 bits per heavy atom. The number of nitro groups is 1. The molecule has 5 rings (SSSR count). The van der Waals surface area contributed by atoms with E-state index in [1.165, 1.54) is 17.0 Å². The zero-order valence-electron chi connectivity index (χ0n) is 21.9. The molecule has 0 saturated carbocycles. The average molecular weight is 541 g/mol. The molecule has 1 unspecified atom stereocenters. The molecule has 0 bridgehead atoms. The molecule has 1 aliphatic rings. The van der Waals surface area contributed by atoms with E-state index in [2.05, 4.69) is 21.4 Å². The molecular weight excluding hydrogens is 516 g/mol. The van der Waals surface area contributed by atoms with Gasteiger partial charge in [0, 0.05) is 22.8 Å². The molecule has 1 atom stereocenters. The number of carbonyl (C=O) groups excluding carboxylic acids is 2. The van der Waals surface area contributed by atoms with Crippen molar-refractivity contribution in [2.45, 2.75) is 32.3 Å². The minimum absolute atomic E-state index is 0.0349. The van der Waals surface area contributed by atoms with E-state index in [0.29, 0.717) is 33.7 Å². The lowest BCUT2D eigenvalue weighted by Crippen LogP contribution is -2.43. The summed E-state index contributed by atoms with van der Waals surface area (Å²) in [5.41, 5.74) is 2.46. The Labute approximate surface area is 228 Å². The van der Waals surface area contributed by atoms with Gasteiger partial charge in [0.2, 0.25) is 5.89 Å². The van der Waals surface area contributed by atoms with Crippen LogP contribution in [-0.2, 0) is 4.74 Å². The number of nitrogens with zero attached hydrogens (tertiary/aromatic N) is 5. The van der Waals surface area contributed by atoms with Gasteiger partial charge in [0.05, 0.1) is 29.6 Å². The van der Waals surface area contributed by atoms with Crippen LogP contribution >= 0.6 is 0 Å². The quantitative estimate of drug-likeness (QED) is 0.252. The van der Waals surface area contributed by atoms with Crippen LogP contribution in [-0.4, -0.2) is 45.6 Å².